The Morgan fingerprint density at radius 1 is 0.854 bits per heavy atom. The van der Waals surface area contributed by atoms with Crippen LogP contribution >= 0.6 is 0 Å². The zero-order valence-electron chi connectivity index (χ0n) is 23.0. The van der Waals surface area contributed by atoms with Gasteiger partial charge in [0.1, 0.15) is 18.1 Å². The normalized spacial score (nSPS) is 11.6. The Labute approximate surface area is 239 Å². The fraction of sp³-hybridized carbons (Fsp3) is 0.0857. The fourth-order valence-electron chi connectivity index (χ4n) is 4.69. The molecule has 41 heavy (non-hydrogen) atoms. The van der Waals surface area contributed by atoms with E-state index < -0.39 is 0 Å². The molecule has 3 aromatic heterocycles. The van der Waals surface area contributed by atoms with Gasteiger partial charge < -0.3 is 14.5 Å². The van der Waals surface area contributed by atoms with Gasteiger partial charge in [0.25, 0.3) is 0 Å². The second-order valence-corrected chi connectivity index (χ2v) is 9.70. The first-order chi connectivity index (χ1) is 20.2. The number of benzene rings is 3. The molecule has 0 radical (unpaired) electrons. The Morgan fingerprint density at radius 2 is 1.76 bits per heavy atom. The molecule has 6 nitrogen and oxygen atoms in total. The van der Waals surface area contributed by atoms with Crippen molar-refractivity contribution in [2.75, 3.05) is 7.11 Å². The van der Waals surface area contributed by atoms with Crippen molar-refractivity contribution in [1.29, 1.82) is 0 Å². The number of aromatic amines is 1. The molecule has 202 valence electrons. The van der Waals surface area contributed by atoms with Gasteiger partial charge in [-0.2, -0.15) is 5.10 Å². The van der Waals surface area contributed by atoms with Gasteiger partial charge in [0.15, 0.2) is 0 Å². The molecule has 0 saturated carbocycles. The van der Waals surface area contributed by atoms with E-state index in [0.29, 0.717) is 6.61 Å². The molecule has 0 aliphatic heterocycles. The molecule has 0 amide bonds. The number of hydrogen-bond acceptors (Lipinski definition) is 4. The highest BCUT2D eigenvalue weighted by Crippen LogP contribution is 2.28. The average Bonchev–Trinajstić information content (AvgIpc) is 3.65. The van der Waals surface area contributed by atoms with Crippen LogP contribution in [0.25, 0.3) is 40.9 Å². The number of aryl methyl sites for hydroxylation is 1. The number of fused-ring (bicyclic) bond motifs is 1. The summed E-state index contributed by atoms with van der Waals surface area (Å²) in [5, 5.41) is 6.14. The third-order valence-electron chi connectivity index (χ3n) is 6.88. The van der Waals surface area contributed by atoms with E-state index in [1.54, 1.807) is 13.3 Å². The smallest absolute Gasteiger partial charge is 0.130 e. The van der Waals surface area contributed by atoms with E-state index >= 15 is 0 Å². The molecule has 0 saturated heterocycles. The van der Waals surface area contributed by atoms with Crippen molar-refractivity contribution in [2.24, 2.45) is 0 Å². The van der Waals surface area contributed by atoms with Crippen molar-refractivity contribution < 1.29 is 9.47 Å². The Bertz CT molecular complexity index is 1850. The third-order valence-corrected chi connectivity index (χ3v) is 6.88. The summed E-state index contributed by atoms with van der Waals surface area (Å²) in [7, 11) is 1.67. The second-order valence-electron chi connectivity index (χ2n) is 9.70. The third kappa shape index (κ3) is 5.97. The molecule has 0 fully saturated rings. The number of para-hydroxylation sites is 1. The lowest BCUT2D eigenvalue weighted by Gasteiger charge is -2.10. The maximum atomic E-state index is 5.94. The van der Waals surface area contributed by atoms with E-state index in [1.807, 2.05) is 71.6 Å². The molecular formula is C35H30N4O2. The number of nitrogens with zero attached hydrogens (tertiary/aromatic N) is 3. The van der Waals surface area contributed by atoms with Crippen molar-refractivity contribution in [2.45, 2.75) is 13.5 Å². The van der Waals surface area contributed by atoms with Crippen LogP contribution in [0.2, 0.25) is 0 Å². The molecule has 0 unspecified atom stereocenters. The Morgan fingerprint density at radius 3 is 2.61 bits per heavy atom. The highest BCUT2D eigenvalue weighted by Gasteiger charge is 2.10. The number of H-pyrrole nitrogens is 1. The van der Waals surface area contributed by atoms with E-state index in [1.165, 1.54) is 5.39 Å². The van der Waals surface area contributed by atoms with Crippen molar-refractivity contribution in [3.63, 3.8) is 0 Å². The van der Waals surface area contributed by atoms with Crippen LogP contribution in [0.15, 0.2) is 103 Å². The van der Waals surface area contributed by atoms with Gasteiger partial charge in [-0.25, -0.2) is 4.68 Å². The molecule has 1 N–H and O–H groups in total. The van der Waals surface area contributed by atoms with Crippen LogP contribution in [-0.4, -0.2) is 26.9 Å². The number of ether oxygens (including phenoxy) is 2. The zero-order valence-corrected chi connectivity index (χ0v) is 23.0. The predicted molar refractivity (Wildman–Crippen MR) is 166 cm³/mol. The van der Waals surface area contributed by atoms with Crippen LogP contribution < -0.4 is 9.47 Å². The van der Waals surface area contributed by atoms with E-state index in [4.69, 9.17) is 14.6 Å². The summed E-state index contributed by atoms with van der Waals surface area (Å²) in [5.41, 5.74) is 8.03. The highest BCUT2D eigenvalue weighted by molar-refractivity contribution is 5.83. The van der Waals surface area contributed by atoms with E-state index in [0.717, 1.165) is 56.5 Å². The minimum Gasteiger partial charge on any atom is -0.496 e. The summed E-state index contributed by atoms with van der Waals surface area (Å²) < 4.78 is 13.6. The maximum Gasteiger partial charge on any atom is 0.130 e. The summed E-state index contributed by atoms with van der Waals surface area (Å²) >= 11 is 0. The summed E-state index contributed by atoms with van der Waals surface area (Å²) in [6, 6.07) is 30.4. The van der Waals surface area contributed by atoms with Gasteiger partial charge in [0.05, 0.1) is 29.9 Å². The standard InChI is InChI=1S/C35H30N4O2/c1-25-7-3-4-9-34(25)39-31(22-29(38-39)15-11-26-10-12-27-18-20-37-33(27)21-26)16-13-28-14-17-32(23-35(28)40-2)41-24-30-8-5-6-19-36-30/h3-23,37H,24H2,1-2H3/b15-11+,16-13+. The van der Waals surface area contributed by atoms with Crippen molar-refractivity contribution in [3.05, 3.63) is 137 Å². The molecule has 0 bridgehead atoms. The molecule has 3 aromatic carbocycles. The van der Waals surface area contributed by atoms with Crippen LogP contribution in [-0.2, 0) is 6.61 Å². The van der Waals surface area contributed by atoms with Gasteiger partial charge in [-0.1, -0.05) is 42.5 Å². The molecule has 0 aliphatic carbocycles. The van der Waals surface area contributed by atoms with E-state index in [2.05, 4.69) is 71.5 Å². The number of aromatic nitrogens is 4. The number of nitrogens with one attached hydrogen (secondary N) is 1. The summed E-state index contributed by atoms with van der Waals surface area (Å²) in [4.78, 5) is 7.59. The van der Waals surface area contributed by atoms with Gasteiger partial charge in [0, 0.05) is 29.5 Å². The lowest BCUT2D eigenvalue weighted by molar-refractivity contribution is 0.299. The molecule has 6 heteroatoms. The molecule has 0 spiro atoms. The van der Waals surface area contributed by atoms with Crippen molar-refractivity contribution >= 4 is 35.2 Å². The van der Waals surface area contributed by atoms with Crippen LogP contribution in [0.3, 0.4) is 0 Å². The molecule has 3 heterocycles. The number of methoxy groups -OCH3 is 1. The Hall–Kier alpha value is -5.36. The van der Waals surface area contributed by atoms with E-state index in [9.17, 15) is 0 Å². The lowest BCUT2D eigenvalue weighted by atomic mass is 10.1. The van der Waals surface area contributed by atoms with E-state index in [-0.39, 0.29) is 0 Å². The SMILES string of the molecule is COc1cc(OCc2ccccn2)ccc1/C=C/c1cc(/C=C/c2ccc3cc[nH]c3c2)nn1-c1ccccc1C. The fourth-order valence-corrected chi connectivity index (χ4v) is 4.69. The monoisotopic (exact) mass is 538 g/mol. The predicted octanol–water partition coefficient (Wildman–Crippen LogP) is 7.99. The van der Waals surface area contributed by atoms with Crippen LogP contribution in [0.5, 0.6) is 11.5 Å². The largest absolute Gasteiger partial charge is 0.496 e. The minimum atomic E-state index is 0.393. The van der Waals surface area contributed by atoms with Gasteiger partial charge in [-0.05, 0) is 90.2 Å². The summed E-state index contributed by atoms with van der Waals surface area (Å²) in [6.45, 7) is 2.49. The zero-order chi connectivity index (χ0) is 28.0. The van der Waals surface area contributed by atoms with Gasteiger partial charge >= 0.3 is 0 Å². The minimum absolute atomic E-state index is 0.393. The first kappa shape index (κ1) is 25.9. The first-order valence-corrected chi connectivity index (χ1v) is 13.5. The molecule has 0 atom stereocenters. The number of pyridine rings is 1. The van der Waals surface area contributed by atoms with Gasteiger partial charge in [0.2, 0.25) is 0 Å². The molecule has 6 aromatic rings. The summed E-state index contributed by atoms with van der Waals surface area (Å²) in [6.07, 6.45) is 12.0. The lowest BCUT2D eigenvalue weighted by Crippen LogP contribution is -2.01. The van der Waals surface area contributed by atoms with Gasteiger partial charge in [-0.3, -0.25) is 4.98 Å². The topological polar surface area (TPSA) is 65.0 Å². The van der Waals surface area contributed by atoms with Crippen LogP contribution in [0.1, 0.15) is 33.8 Å². The Balaban J connectivity index is 1.28. The van der Waals surface area contributed by atoms with Crippen LogP contribution in [0.4, 0.5) is 0 Å². The molecular weight excluding hydrogens is 508 g/mol. The molecule has 6 rings (SSSR count). The van der Waals surface area contributed by atoms with Crippen LogP contribution in [0, 0.1) is 6.92 Å². The second kappa shape index (κ2) is 11.8. The first-order valence-electron chi connectivity index (χ1n) is 13.5. The quantitative estimate of drug-likeness (QED) is 0.203. The number of hydrogen-bond donors (Lipinski definition) is 1. The van der Waals surface area contributed by atoms with Gasteiger partial charge in [-0.15, -0.1) is 0 Å². The molecule has 0 aliphatic rings. The maximum absolute atomic E-state index is 5.94. The Kier molecular flexibility index (Phi) is 7.45. The highest BCUT2D eigenvalue weighted by atomic mass is 16.5. The summed E-state index contributed by atoms with van der Waals surface area (Å²) in [5.74, 6) is 1.45. The van der Waals surface area contributed by atoms with Crippen molar-refractivity contribution in [1.82, 2.24) is 19.7 Å². The average molecular weight is 539 g/mol. The number of rotatable bonds is 9. The van der Waals surface area contributed by atoms with Crippen molar-refractivity contribution in [3.8, 4) is 17.2 Å².